The minimum Gasteiger partial charge on any atom is -0.493 e. The molecule has 1 aliphatic heterocycles. The Morgan fingerprint density at radius 2 is 1.61 bits per heavy atom. The number of hydrogen-bond acceptors (Lipinski definition) is 5. The van der Waals surface area contributed by atoms with E-state index < -0.39 is 11.8 Å². The largest absolute Gasteiger partial charge is 0.493 e. The van der Waals surface area contributed by atoms with Crippen LogP contribution in [0.1, 0.15) is 11.1 Å². The van der Waals surface area contributed by atoms with Gasteiger partial charge in [-0.25, -0.2) is 0 Å². The second-order valence-corrected chi connectivity index (χ2v) is 6.85. The number of anilines is 2. The number of carbonyl (C=O) groups is 2. The van der Waals surface area contributed by atoms with Gasteiger partial charge < -0.3 is 24.6 Å². The molecule has 0 radical (unpaired) electrons. The monoisotopic (exact) mass is 383 g/mol. The van der Waals surface area contributed by atoms with E-state index in [1.807, 2.05) is 43.3 Å². The molecular formula is C21H25N3O4. The Balaban J connectivity index is 1.69. The van der Waals surface area contributed by atoms with Gasteiger partial charge in [-0.2, -0.15) is 0 Å². The number of nitrogens with one attached hydrogen (secondary N) is 1. The molecule has 2 aromatic carbocycles. The van der Waals surface area contributed by atoms with E-state index >= 15 is 0 Å². The summed E-state index contributed by atoms with van der Waals surface area (Å²) in [5.41, 5.74) is 3.66. The number of amides is 2. The van der Waals surface area contributed by atoms with Gasteiger partial charge >= 0.3 is 11.8 Å². The average molecular weight is 383 g/mol. The van der Waals surface area contributed by atoms with Crippen LogP contribution in [0, 0.1) is 0 Å². The Hall–Kier alpha value is -3.22. The summed E-state index contributed by atoms with van der Waals surface area (Å²) < 4.78 is 10.7. The first-order valence-electron chi connectivity index (χ1n) is 9.04. The van der Waals surface area contributed by atoms with Gasteiger partial charge in [0.05, 0.1) is 14.2 Å². The molecule has 1 aliphatic rings. The first-order valence-corrected chi connectivity index (χ1v) is 9.04. The number of benzene rings is 2. The number of carbonyl (C=O) groups excluding carboxylic acids is 2. The molecule has 1 N–H and O–H groups in total. The number of fused-ring (bicyclic) bond motifs is 1. The van der Waals surface area contributed by atoms with Crippen LogP contribution in [0.4, 0.5) is 11.4 Å². The molecule has 0 saturated carbocycles. The highest BCUT2D eigenvalue weighted by Gasteiger charge is 2.27. The summed E-state index contributed by atoms with van der Waals surface area (Å²) in [6.45, 7) is 0.843. The van der Waals surface area contributed by atoms with Crippen LogP contribution in [0.2, 0.25) is 0 Å². The highest BCUT2D eigenvalue weighted by Crippen LogP contribution is 2.33. The molecule has 0 bridgehead atoms. The Morgan fingerprint density at radius 1 is 1.00 bits per heavy atom. The lowest BCUT2D eigenvalue weighted by Gasteiger charge is -2.29. The smallest absolute Gasteiger partial charge is 0.313 e. The van der Waals surface area contributed by atoms with E-state index in [0.717, 1.165) is 16.8 Å². The minimum atomic E-state index is -0.637. The Kier molecular flexibility index (Phi) is 5.73. The highest BCUT2D eigenvalue weighted by atomic mass is 16.5. The van der Waals surface area contributed by atoms with Crippen molar-refractivity contribution in [2.45, 2.75) is 13.0 Å². The zero-order chi connectivity index (χ0) is 20.3. The normalized spacial score (nSPS) is 12.8. The SMILES string of the molecule is COc1cc2c(cc1OC)CN(C(=O)C(=O)Nc1ccc(N(C)C)cc1)CC2. The maximum Gasteiger partial charge on any atom is 0.313 e. The van der Waals surface area contributed by atoms with E-state index in [1.54, 1.807) is 31.3 Å². The molecule has 0 aliphatic carbocycles. The number of methoxy groups -OCH3 is 2. The van der Waals surface area contributed by atoms with Crippen molar-refractivity contribution >= 4 is 23.2 Å². The van der Waals surface area contributed by atoms with E-state index in [0.29, 0.717) is 36.7 Å². The first-order chi connectivity index (χ1) is 13.4. The van der Waals surface area contributed by atoms with Crippen LogP contribution in [0.5, 0.6) is 11.5 Å². The van der Waals surface area contributed by atoms with Gasteiger partial charge in [0.25, 0.3) is 0 Å². The second kappa shape index (κ2) is 8.21. The Bertz CT molecular complexity index is 878. The van der Waals surface area contributed by atoms with E-state index in [2.05, 4.69) is 5.32 Å². The van der Waals surface area contributed by atoms with Gasteiger partial charge in [0.2, 0.25) is 0 Å². The molecule has 148 valence electrons. The van der Waals surface area contributed by atoms with Crippen molar-refractivity contribution in [3.63, 3.8) is 0 Å². The van der Waals surface area contributed by atoms with Crippen LogP contribution in [0.25, 0.3) is 0 Å². The van der Waals surface area contributed by atoms with Crippen LogP contribution in [-0.2, 0) is 22.6 Å². The summed E-state index contributed by atoms with van der Waals surface area (Å²) in [7, 11) is 7.05. The van der Waals surface area contributed by atoms with E-state index in [4.69, 9.17) is 9.47 Å². The number of ether oxygens (including phenoxy) is 2. The molecule has 3 rings (SSSR count). The van der Waals surface area contributed by atoms with Crippen molar-refractivity contribution in [1.29, 1.82) is 0 Å². The Labute approximate surface area is 164 Å². The fraction of sp³-hybridized carbons (Fsp3) is 0.333. The van der Waals surface area contributed by atoms with Gasteiger partial charge in [0, 0.05) is 38.6 Å². The molecule has 0 unspecified atom stereocenters. The van der Waals surface area contributed by atoms with Crippen molar-refractivity contribution in [3.05, 3.63) is 47.5 Å². The molecule has 7 nitrogen and oxygen atoms in total. The van der Waals surface area contributed by atoms with Crippen LogP contribution < -0.4 is 19.7 Å². The lowest BCUT2D eigenvalue weighted by atomic mass is 9.98. The fourth-order valence-electron chi connectivity index (χ4n) is 3.23. The van der Waals surface area contributed by atoms with Gasteiger partial charge in [-0.1, -0.05) is 0 Å². The standard InChI is InChI=1S/C21H25N3O4/c1-23(2)17-7-5-16(6-8-17)22-20(25)21(26)24-10-9-14-11-18(27-3)19(28-4)12-15(14)13-24/h5-8,11-12H,9-10,13H2,1-4H3,(H,22,25). The van der Waals surface area contributed by atoms with Crippen LogP contribution in [0.3, 0.4) is 0 Å². The van der Waals surface area contributed by atoms with Gasteiger partial charge in [0.1, 0.15) is 0 Å². The number of rotatable bonds is 4. The summed E-state index contributed by atoms with van der Waals surface area (Å²) in [5.74, 6) is 0.0968. The van der Waals surface area contributed by atoms with E-state index in [9.17, 15) is 9.59 Å². The zero-order valence-corrected chi connectivity index (χ0v) is 16.6. The average Bonchev–Trinajstić information content (AvgIpc) is 2.71. The predicted octanol–water partition coefficient (Wildman–Crippen LogP) is 2.29. The first kappa shape index (κ1) is 19.5. The van der Waals surface area contributed by atoms with E-state index in [1.165, 1.54) is 0 Å². The van der Waals surface area contributed by atoms with Crippen molar-refractivity contribution in [1.82, 2.24) is 4.90 Å². The van der Waals surface area contributed by atoms with Crippen LogP contribution >= 0.6 is 0 Å². The zero-order valence-electron chi connectivity index (χ0n) is 16.6. The van der Waals surface area contributed by atoms with Gasteiger partial charge in [-0.15, -0.1) is 0 Å². The van der Waals surface area contributed by atoms with Gasteiger partial charge in [0.15, 0.2) is 11.5 Å². The topological polar surface area (TPSA) is 71.1 Å². The van der Waals surface area contributed by atoms with Gasteiger partial charge in [-0.05, 0) is 53.9 Å². The molecule has 28 heavy (non-hydrogen) atoms. The molecule has 0 aromatic heterocycles. The second-order valence-electron chi connectivity index (χ2n) is 6.85. The lowest BCUT2D eigenvalue weighted by molar-refractivity contribution is -0.143. The van der Waals surface area contributed by atoms with Crippen LogP contribution in [-0.4, -0.2) is 51.6 Å². The number of hydrogen-bond donors (Lipinski definition) is 1. The van der Waals surface area contributed by atoms with Crippen LogP contribution in [0.15, 0.2) is 36.4 Å². The molecule has 0 fully saturated rings. The summed E-state index contributed by atoms with van der Waals surface area (Å²) in [5, 5.41) is 2.68. The third-order valence-electron chi connectivity index (χ3n) is 4.84. The molecule has 2 amide bonds. The number of nitrogens with zero attached hydrogens (tertiary/aromatic N) is 2. The molecule has 0 atom stereocenters. The maximum absolute atomic E-state index is 12.6. The fourth-order valence-corrected chi connectivity index (χ4v) is 3.23. The van der Waals surface area contributed by atoms with Crippen molar-refractivity contribution < 1.29 is 19.1 Å². The molecular weight excluding hydrogens is 358 g/mol. The summed E-state index contributed by atoms with van der Waals surface area (Å²) in [6.07, 6.45) is 0.659. The maximum atomic E-state index is 12.6. The van der Waals surface area contributed by atoms with E-state index in [-0.39, 0.29) is 0 Å². The van der Waals surface area contributed by atoms with Gasteiger partial charge in [-0.3, -0.25) is 9.59 Å². The molecule has 0 saturated heterocycles. The quantitative estimate of drug-likeness (QED) is 0.821. The lowest BCUT2D eigenvalue weighted by Crippen LogP contribution is -2.42. The Morgan fingerprint density at radius 3 is 2.18 bits per heavy atom. The predicted molar refractivity (Wildman–Crippen MR) is 108 cm³/mol. The third kappa shape index (κ3) is 4.03. The third-order valence-corrected chi connectivity index (χ3v) is 4.84. The minimum absolute atomic E-state index is 0.363. The van der Waals surface area contributed by atoms with Crippen molar-refractivity contribution in [2.24, 2.45) is 0 Å². The summed E-state index contributed by atoms with van der Waals surface area (Å²) in [4.78, 5) is 28.5. The van der Waals surface area contributed by atoms with Crippen molar-refractivity contribution in [3.8, 4) is 11.5 Å². The molecule has 7 heteroatoms. The van der Waals surface area contributed by atoms with Crippen molar-refractivity contribution in [2.75, 3.05) is 45.1 Å². The summed E-state index contributed by atoms with van der Waals surface area (Å²) >= 11 is 0. The molecule has 2 aromatic rings. The highest BCUT2D eigenvalue weighted by molar-refractivity contribution is 6.39. The molecule has 1 heterocycles. The summed E-state index contributed by atoms with van der Waals surface area (Å²) in [6, 6.07) is 11.1. The molecule has 0 spiro atoms.